The molecule has 2 aromatic rings. The number of hydrogen-bond acceptors (Lipinski definition) is 3. The molecule has 0 saturated carbocycles. The van der Waals surface area contributed by atoms with Crippen LogP contribution in [0.2, 0.25) is 0 Å². The van der Waals surface area contributed by atoms with Gasteiger partial charge >= 0.3 is 0 Å². The first-order valence-electron chi connectivity index (χ1n) is 4.89. The van der Waals surface area contributed by atoms with Gasteiger partial charge in [0.1, 0.15) is 0 Å². The molecule has 78 valence electrons. The summed E-state index contributed by atoms with van der Waals surface area (Å²) in [6.07, 6.45) is 0.962. The first-order valence-corrected chi connectivity index (χ1v) is 6.58. The first kappa shape index (κ1) is 10.7. The summed E-state index contributed by atoms with van der Waals surface area (Å²) in [5, 5.41) is 2.10. The summed E-state index contributed by atoms with van der Waals surface area (Å²) in [5.74, 6) is 0. The molecule has 1 heterocycles. The molecule has 0 bridgehead atoms. The average Bonchev–Trinajstić information content (AvgIpc) is 2.74. The zero-order valence-corrected chi connectivity index (χ0v) is 9.98. The van der Waals surface area contributed by atoms with Crippen LogP contribution in [0.15, 0.2) is 50.9 Å². The molecule has 0 aliphatic carbocycles. The molecule has 0 fully saturated rings. The van der Waals surface area contributed by atoms with E-state index in [1.165, 1.54) is 14.7 Å². The van der Waals surface area contributed by atoms with E-state index in [0.29, 0.717) is 0 Å². The maximum atomic E-state index is 5.50. The average molecular weight is 235 g/mol. The molecule has 1 aromatic carbocycles. The minimum Gasteiger partial charge on any atom is -0.330 e. The molecule has 0 unspecified atom stereocenters. The van der Waals surface area contributed by atoms with E-state index in [0.717, 1.165) is 13.0 Å². The fourth-order valence-electron chi connectivity index (χ4n) is 1.33. The smallest absolute Gasteiger partial charge is 0.0646 e. The van der Waals surface area contributed by atoms with Crippen LogP contribution in [0.1, 0.15) is 5.56 Å². The van der Waals surface area contributed by atoms with E-state index >= 15 is 0 Å². The highest BCUT2D eigenvalue weighted by Gasteiger charge is 1.98. The van der Waals surface area contributed by atoms with Gasteiger partial charge in [-0.2, -0.15) is 0 Å². The molecular formula is C12H13NS2. The summed E-state index contributed by atoms with van der Waals surface area (Å²) in [6, 6.07) is 12.9. The molecule has 0 amide bonds. The second kappa shape index (κ2) is 5.35. The highest BCUT2D eigenvalue weighted by atomic mass is 32.2. The summed E-state index contributed by atoms with van der Waals surface area (Å²) >= 11 is 3.58. The molecule has 0 aliphatic heterocycles. The van der Waals surface area contributed by atoms with Gasteiger partial charge in [-0.05, 0) is 42.1 Å². The predicted octanol–water partition coefficient (Wildman–Crippen LogP) is 3.40. The SMILES string of the molecule is NCCc1ccc(Sc2cccs2)cc1. The van der Waals surface area contributed by atoms with Crippen molar-refractivity contribution in [3.05, 3.63) is 47.3 Å². The van der Waals surface area contributed by atoms with E-state index < -0.39 is 0 Å². The van der Waals surface area contributed by atoms with Crippen molar-refractivity contribution in [1.29, 1.82) is 0 Å². The van der Waals surface area contributed by atoms with Crippen LogP contribution in [0.4, 0.5) is 0 Å². The Bertz CT molecular complexity index is 392. The molecule has 2 N–H and O–H groups in total. The minimum atomic E-state index is 0.720. The van der Waals surface area contributed by atoms with Crippen LogP contribution < -0.4 is 5.73 Å². The van der Waals surface area contributed by atoms with E-state index in [1.807, 2.05) is 11.8 Å². The lowest BCUT2D eigenvalue weighted by Crippen LogP contribution is -2.02. The lowest BCUT2D eigenvalue weighted by atomic mass is 10.2. The zero-order chi connectivity index (χ0) is 10.5. The quantitative estimate of drug-likeness (QED) is 0.879. The van der Waals surface area contributed by atoms with Crippen molar-refractivity contribution < 1.29 is 0 Å². The summed E-state index contributed by atoms with van der Waals surface area (Å²) < 4.78 is 1.33. The van der Waals surface area contributed by atoms with Gasteiger partial charge in [-0.3, -0.25) is 0 Å². The molecule has 3 heteroatoms. The number of hydrogen-bond donors (Lipinski definition) is 1. The van der Waals surface area contributed by atoms with Crippen molar-refractivity contribution in [2.45, 2.75) is 15.5 Å². The Balaban J connectivity index is 2.04. The van der Waals surface area contributed by atoms with Gasteiger partial charge in [0, 0.05) is 4.90 Å². The lowest BCUT2D eigenvalue weighted by molar-refractivity contribution is 0.966. The predicted molar refractivity (Wildman–Crippen MR) is 67.6 cm³/mol. The second-order valence-corrected chi connectivity index (χ2v) is 5.54. The van der Waals surface area contributed by atoms with Gasteiger partial charge in [0.05, 0.1) is 4.21 Å². The molecule has 0 radical (unpaired) electrons. The molecule has 15 heavy (non-hydrogen) atoms. The lowest BCUT2D eigenvalue weighted by Gasteiger charge is -2.01. The van der Waals surface area contributed by atoms with Gasteiger partial charge in [-0.1, -0.05) is 30.0 Å². The zero-order valence-electron chi connectivity index (χ0n) is 8.35. The molecule has 1 nitrogen and oxygen atoms in total. The normalized spacial score (nSPS) is 10.5. The highest BCUT2D eigenvalue weighted by molar-refractivity contribution is 8.01. The number of benzene rings is 1. The molecule has 2 rings (SSSR count). The van der Waals surface area contributed by atoms with Crippen molar-refractivity contribution in [2.75, 3.05) is 6.54 Å². The van der Waals surface area contributed by atoms with Crippen LogP contribution in [0.5, 0.6) is 0 Å². The van der Waals surface area contributed by atoms with Crippen LogP contribution in [0.25, 0.3) is 0 Å². The van der Waals surface area contributed by atoms with E-state index in [-0.39, 0.29) is 0 Å². The summed E-state index contributed by atoms with van der Waals surface area (Å²) in [4.78, 5) is 1.29. The largest absolute Gasteiger partial charge is 0.330 e. The third-order valence-electron chi connectivity index (χ3n) is 2.07. The van der Waals surface area contributed by atoms with Gasteiger partial charge < -0.3 is 5.73 Å². The maximum absolute atomic E-state index is 5.50. The standard InChI is InChI=1S/C12H13NS2/c13-8-7-10-3-5-11(6-4-10)15-12-2-1-9-14-12/h1-6,9H,7-8,13H2. The van der Waals surface area contributed by atoms with Crippen molar-refractivity contribution in [3.63, 3.8) is 0 Å². The van der Waals surface area contributed by atoms with Gasteiger partial charge in [0.25, 0.3) is 0 Å². The molecule has 1 aromatic heterocycles. The molecular weight excluding hydrogens is 222 g/mol. The van der Waals surface area contributed by atoms with Crippen LogP contribution in [0.3, 0.4) is 0 Å². The van der Waals surface area contributed by atoms with E-state index in [9.17, 15) is 0 Å². The van der Waals surface area contributed by atoms with E-state index in [1.54, 1.807) is 11.3 Å². The second-order valence-electron chi connectivity index (χ2n) is 3.22. The Morgan fingerprint density at radius 2 is 1.93 bits per heavy atom. The molecule has 0 saturated heterocycles. The third kappa shape index (κ3) is 3.09. The van der Waals surface area contributed by atoms with E-state index in [2.05, 4.69) is 41.8 Å². The third-order valence-corrected chi connectivity index (χ3v) is 4.12. The molecule has 0 atom stereocenters. The molecule has 0 spiro atoms. The summed E-state index contributed by atoms with van der Waals surface area (Å²) in [5.41, 5.74) is 6.82. The first-order chi connectivity index (χ1) is 7.38. The van der Waals surface area contributed by atoms with Gasteiger partial charge in [-0.25, -0.2) is 0 Å². The Morgan fingerprint density at radius 3 is 2.53 bits per heavy atom. The minimum absolute atomic E-state index is 0.720. The molecule has 0 aliphatic rings. The van der Waals surface area contributed by atoms with Crippen LogP contribution >= 0.6 is 23.1 Å². The number of thiophene rings is 1. The fraction of sp³-hybridized carbons (Fsp3) is 0.167. The van der Waals surface area contributed by atoms with Crippen molar-refractivity contribution >= 4 is 23.1 Å². The fourth-order valence-corrected chi connectivity index (χ4v) is 3.08. The number of nitrogens with two attached hydrogens (primary N) is 1. The van der Waals surface area contributed by atoms with Crippen LogP contribution in [-0.2, 0) is 6.42 Å². The van der Waals surface area contributed by atoms with Gasteiger partial charge in [-0.15, -0.1) is 11.3 Å². The van der Waals surface area contributed by atoms with Gasteiger partial charge in [0.2, 0.25) is 0 Å². The van der Waals surface area contributed by atoms with Crippen LogP contribution in [0, 0.1) is 0 Å². The topological polar surface area (TPSA) is 26.0 Å². The maximum Gasteiger partial charge on any atom is 0.0646 e. The van der Waals surface area contributed by atoms with Crippen molar-refractivity contribution in [3.8, 4) is 0 Å². The number of rotatable bonds is 4. The van der Waals surface area contributed by atoms with Crippen LogP contribution in [-0.4, -0.2) is 6.54 Å². The highest BCUT2D eigenvalue weighted by Crippen LogP contribution is 2.31. The summed E-state index contributed by atoms with van der Waals surface area (Å²) in [7, 11) is 0. The Labute approximate surface area is 98.3 Å². The Hall–Kier alpha value is -0.770. The van der Waals surface area contributed by atoms with Crippen molar-refractivity contribution in [2.24, 2.45) is 5.73 Å². The monoisotopic (exact) mass is 235 g/mol. The van der Waals surface area contributed by atoms with E-state index in [4.69, 9.17) is 5.73 Å². The summed E-state index contributed by atoms with van der Waals surface area (Å²) in [6.45, 7) is 0.720. The Kier molecular flexibility index (Phi) is 3.83. The van der Waals surface area contributed by atoms with Crippen molar-refractivity contribution in [1.82, 2.24) is 0 Å². The Morgan fingerprint density at radius 1 is 1.13 bits per heavy atom. The van der Waals surface area contributed by atoms with Gasteiger partial charge in [0.15, 0.2) is 0 Å².